The average molecular weight is 254 g/mol. The van der Waals surface area contributed by atoms with Gasteiger partial charge in [-0.15, -0.1) is 0 Å². The van der Waals surface area contributed by atoms with Crippen LogP contribution in [0.4, 0.5) is 0 Å². The number of carboxylic acid groups (broad SMARTS) is 1. The van der Waals surface area contributed by atoms with Gasteiger partial charge in [0.15, 0.2) is 0 Å². The van der Waals surface area contributed by atoms with Crippen LogP contribution in [-0.2, 0) is 16.1 Å². The number of hydrogen-bond acceptors (Lipinski definition) is 4. The van der Waals surface area contributed by atoms with Crippen molar-refractivity contribution >= 4 is 5.97 Å². The Morgan fingerprint density at radius 2 is 1.72 bits per heavy atom. The third-order valence-electron chi connectivity index (χ3n) is 2.72. The lowest BCUT2D eigenvalue weighted by Crippen LogP contribution is -2.11. The van der Waals surface area contributed by atoms with Gasteiger partial charge in [0, 0.05) is 7.11 Å². The van der Waals surface area contributed by atoms with E-state index in [9.17, 15) is 4.79 Å². The van der Waals surface area contributed by atoms with Crippen LogP contribution in [0.5, 0.6) is 11.5 Å². The second-order valence-electron chi connectivity index (χ2n) is 3.91. The number of aliphatic carboxylic acids is 1. The third-order valence-corrected chi connectivity index (χ3v) is 2.72. The zero-order chi connectivity index (χ0) is 13.7. The molecular weight excluding hydrogens is 236 g/mol. The highest BCUT2D eigenvalue weighted by Gasteiger charge is 2.23. The molecule has 0 radical (unpaired) electrons. The molecule has 0 aliphatic rings. The fraction of sp³-hybridized carbons (Fsp3) is 0.462. The van der Waals surface area contributed by atoms with Crippen molar-refractivity contribution in [1.29, 1.82) is 0 Å². The third kappa shape index (κ3) is 2.92. The molecule has 1 rings (SSSR count). The van der Waals surface area contributed by atoms with Gasteiger partial charge in [0.25, 0.3) is 0 Å². The second kappa shape index (κ2) is 6.26. The average Bonchev–Trinajstić information content (AvgIpc) is 2.36. The molecule has 0 aliphatic carbocycles. The predicted molar refractivity (Wildman–Crippen MR) is 66.3 cm³/mol. The molecule has 5 nitrogen and oxygen atoms in total. The van der Waals surface area contributed by atoms with Crippen molar-refractivity contribution in [3.63, 3.8) is 0 Å². The second-order valence-corrected chi connectivity index (χ2v) is 3.91. The minimum Gasteiger partial charge on any atom is -0.496 e. The Labute approximate surface area is 106 Å². The summed E-state index contributed by atoms with van der Waals surface area (Å²) in [6.45, 7) is 2.01. The molecule has 100 valence electrons. The Morgan fingerprint density at radius 1 is 1.22 bits per heavy atom. The Kier molecular flexibility index (Phi) is 4.97. The standard InChI is InChI=1S/C13H18O5/c1-8(13(14)15)12-10(17-3)5-9(7-16-2)6-11(12)18-4/h5-6,8H,7H2,1-4H3,(H,14,15). The van der Waals surface area contributed by atoms with Gasteiger partial charge in [-0.3, -0.25) is 4.79 Å². The summed E-state index contributed by atoms with van der Waals surface area (Å²) >= 11 is 0. The molecule has 5 heteroatoms. The van der Waals surface area contributed by atoms with Gasteiger partial charge in [0.2, 0.25) is 0 Å². The van der Waals surface area contributed by atoms with Gasteiger partial charge in [0.1, 0.15) is 11.5 Å². The fourth-order valence-corrected chi connectivity index (χ4v) is 1.79. The fourth-order valence-electron chi connectivity index (χ4n) is 1.79. The first-order chi connectivity index (χ1) is 8.54. The monoisotopic (exact) mass is 254 g/mol. The summed E-state index contributed by atoms with van der Waals surface area (Å²) < 4.78 is 15.5. The van der Waals surface area contributed by atoms with Crippen LogP contribution in [0, 0.1) is 0 Å². The summed E-state index contributed by atoms with van der Waals surface area (Å²) in [5.41, 5.74) is 1.40. The Morgan fingerprint density at radius 3 is 2.06 bits per heavy atom. The van der Waals surface area contributed by atoms with Gasteiger partial charge in [-0.05, 0) is 24.6 Å². The lowest BCUT2D eigenvalue weighted by Gasteiger charge is -2.17. The maximum absolute atomic E-state index is 11.1. The molecule has 0 aliphatic heterocycles. The quantitative estimate of drug-likeness (QED) is 0.841. The largest absolute Gasteiger partial charge is 0.496 e. The van der Waals surface area contributed by atoms with Crippen LogP contribution in [0.2, 0.25) is 0 Å². The van der Waals surface area contributed by atoms with E-state index in [0.29, 0.717) is 23.7 Å². The normalized spacial score (nSPS) is 12.0. The van der Waals surface area contributed by atoms with Crippen molar-refractivity contribution in [2.75, 3.05) is 21.3 Å². The Hall–Kier alpha value is -1.75. The maximum atomic E-state index is 11.1. The lowest BCUT2D eigenvalue weighted by atomic mass is 9.97. The number of ether oxygens (including phenoxy) is 3. The highest BCUT2D eigenvalue weighted by atomic mass is 16.5. The topological polar surface area (TPSA) is 65.0 Å². The van der Waals surface area contributed by atoms with E-state index in [1.165, 1.54) is 14.2 Å². The van der Waals surface area contributed by atoms with Crippen molar-refractivity contribution in [3.05, 3.63) is 23.3 Å². The van der Waals surface area contributed by atoms with E-state index in [1.54, 1.807) is 26.2 Å². The lowest BCUT2D eigenvalue weighted by molar-refractivity contribution is -0.138. The SMILES string of the molecule is COCc1cc(OC)c(C(C)C(=O)O)c(OC)c1. The number of methoxy groups -OCH3 is 3. The van der Waals surface area contributed by atoms with Crippen LogP contribution < -0.4 is 9.47 Å². The van der Waals surface area contributed by atoms with Gasteiger partial charge in [-0.2, -0.15) is 0 Å². The summed E-state index contributed by atoms with van der Waals surface area (Å²) in [5.74, 6) is -0.634. The van der Waals surface area contributed by atoms with E-state index in [1.807, 2.05) is 0 Å². The van der Waals surface area contributed by atoms with Gasteiger partial charge >= 0.3 is 5.97 Å². The van der Waals surface area contributed by atoms with Crippen molar-refractivity contribution in [2.24, 2.45) is 0 Å². The molecule has 1 N–H and O–H groups in total. The first kappa shape index (κ1) is 14.3. The van der Waals surface area contributed by atoms with Crippen molar-refractivity contribution < 1.29 is 24.1 Å². The van der Waals surface area contributed by atoms with Gasteiger partial charge < -0.3 is 19.3 Å². The molecule has 0 bridgehead atoms. The van der Waals surface area contributed by atoms with Gasteiger partial charge in [-0.25, -0.2) is 0 Å². The number of carboxylic acids is 1. The minimum atomic E-state index is -0.925. The van der Waals surface area contributed by atoms with Crippen LogP contribution >= 0.6 is 0 Å². The van der Waals surface area contributed by atoms with Crippen molar-refractivity contribution in [2.45, 2.75) is 19.4 Å². The molecule has 1 aromatic carbocycles. The van der Waals surface area contributed by atoms with Crippen LogP contribution in [0.15, 0.2) is 12.1 Å². The van der Waals surface area contributed by atoms with E-state index >= 15 is 0 Å². The van der Waals surface area contributed by atoms with E-state index in [4.69, 9.17) is 19.3 Å². The van der Waals surface area contributed by atoms with Crippen LogP contribution in [0.25, 0.3) is 0 Å². The molecular formula is C13H18O5. The number of rotatable bonds is 6. The Bertz CT molecular complexity index is 402. The minimum absolute atomic E-state index is 0.411. The highest BCUT2D eigenvalue weighted by Crippen LogP contribution is 2.36. The summed E-state index contributed by atoms with van der Waals surface area (Å²) in [6.07, 6.45) is 0. The summed E-state index contributed by atoms with van der Waals surface area (Å²) in [6, 6.07) is 3.53. The molecule has 0 heterocycles. The zero-order valence-electron chi connectivity index (χ0n) is 11.0. The number of carbonyl (C=O) groups is 1. The first-order valence-corrected chi connectivity index (χ1v) is 5.51. The van der Waals surface area contributed by atoms with E-state index in [0.717, 1.165) is 5.56 Å². The van der Waals surface area contributed by atoms with Crippen LogP contribution in [-0.4, -0.2) is 32.4 Å². The maximum Gasteiger partial charge on any atom is 0.310 e. The summed E-state index contributed by atoms with van der Waals surface area (Å²) in [7, 11) is 4.60. The van der Waals surface area contributed by atoms with Crippen LogP contribution in [0.1, 0.15) is 24.0 Å². The van der Waals surface area contributed by atoms with Crippen molar-refractivity contribution in [3.8, 4) is 11.5 Å². The van der Waals surface area contributed by atoms with Crippen LogP contribution in [0.3, 0.4) is 0 Å². The van der Waals surface area contributed by atoms with E-state index in [2.05, 4.69) is 0 Å². The first-order valence-electron chi connectivity index (χ1n) is 5.51. The summed E-state index contributed by atoms with van der Waals surface area (Å²) in [5, 5.41) is 9.11. The smallest absolute Gasteiger partial charge is 0.310 e. The van der Waals surface area contributed by atoms with Crippen molar-refractivity contribution in [1.82, 2.24) is 0 Å². The van der Waals surface area contributed by atoms with E-state index < -0.39 is 11.9 Å². The molecule has 0 amide bonds. The molecule has 0 spiro atoms. The number of benzene rings is 1. The Balaban J connectivity index is 3.34. The summed E-state index contributed by atoms with van der Waals surface area (Å²) in [4.78, 5) is 11.1. The molecule has 1 aromatic rings. The van der Waals surface area contributed by atoms with E-state index in [-0.39, 0.29) is 0 Å². The molecule has 18 heavy (non-hydrogen) atoms. The zero-order valence-corrected chi connectivity index (χ0v) is 11.0. The highest BCUT2D eigenvalue weighted by molar-refractivity contribution is 5.78. The van der Waals surface area contributed by atoms with Gasteiger partial charge in [-0.1, -0.05) is 0 Å². The molecule has 0 fully saturated rings. The molecule has 0 aromatic heterocycles. The van der Waals surface area contributed by atoms with Gasteiger partial charge in [0.05, 0.1) is 32.3 Å². The predicted octanol–water partition coefficient (Wildman–Crippen LogP) is 2.04. The molecule has 0 saturated heterocycles. The number of hydrogen-bond donors (Lipinski definition) is 1. The molecule has 0 saturated carbocycles. The molecule has 1 unspecified atom stereocenters. The molecule has 1 atom stereocenters.